The van der Waals surface area contributed by atoms with E-state index in [1.54, 1.807) is 0 Å². The predicted molar refractivity (Wildman–Crippen MR) is 79.0 cm³/mol. The molecule has 19 heavy (non-hydrogen) atoms. The largest absolute Gasteiger partial charge is 0.393 e. The van der Waals surface area contributed by atoms with Gasteiger partial charge in [0.05, 0.1) is 6.10 Å². The average Bonchev–Trinajstić information content (AvgIpc) is 2.80. The first-order chi connectivity index (χ1) is 8.92. The van der Waals surface area contributed by atoms with Crippen molar-refractivity contribution in [3.63, 3.8) is 0 Å². The highest BCUT2D eigenvalue weighted by molar-refractivity contribution is 5.12. The van der Waals surface area contributed by atoms with Crippen molar-refractivity contribution < 1.29 is 5.11 Å². The third-order valence-corrected chi connectivity index (χ3v) is 6.64. The standard InChI is InChI=1S/C17H31NO/c1-16(2)13-7-8-17(3,10-13)15(16)18-11-12-5-4-6-14(19)9-12/h12-15,18-19H,4-11H2,1-3H3. The fourth-order valence-corrected chi connectivity index (χ4v) is 5.54. The average molecular weight is 265 g/mol. The van der Waals surface area contributed by atoms with E-state index in [2.05, 4.69) is 26.1 Å². The van der Waals surface area contributed by atoms with Gasteiger partial charge in [-0.25, -0.2) is 0 Å². The summed E-state index contributed by atoms with van der Waals surface area (Å²) in [6, 6.07) is 0.679. The van der Waals surface area contributed by atoms with Gasteiger partial charge >= 0.3 is 0 Å². The lowest BCUT2D eigenvalue weighted by Gasteiger charge is -2.44. The van der Waals surface area contributed by atoms with Crippen LogP contribution in [0.3, 0.4) is 0 Å². The van der Waals surface area contributed by atoms with E-state index < -0.39 is 0 Å². The summed E-state index contributed by atoms with van der Waals surface area (Å²) in [6.07, 6.45) is 8.77. The molecule has 5 unspecified atom stereocenters. The molecular weight excluding hydrogens is 234 g/mol. The summed E-state index contributed by atoms with van der Waals surface area (Å²) in [6.45, 7) is 8.55. The molecule has 3 aliphatic carbocycles. The van der Waals surface area contributed by atoms with Gasteiger partial charge in [0.1, 0.15) is 0 Å². The lowest BCUT2D eigenvalue weighted by atomic mass is 9.68. The molecular formula is C17H31NO. The van der Waals surface area contributed by atoms with E-state index in [0.717, 1.165) is 25.3 Å². The van der Waals surface area contributed by atoms with Crippen LogP contribution in [0.15, 0.2) is 0 Å². The first-order valence-electron chi connectivity index (χ1n) is 8.33. The minimum Gasteiger partial charge on any atom is -0.393 e. The molecule has 3 rings (SSSR count). The quantitative estimate of drug-likeness (QED) is 0.820. The zero-order valence-electron chi connectivity index (χ0n) is 12.9. The van der Waals surface area contributed by atoms with Gasteiger partial charge in [0.25, 0.3) is 0 Å². The lowest BCUT2D eigenvalue weighted by Crippen LogP contribution is -2.51. The van der Waals surface area contributed by atoms with Crippen LogP contribution in [-0.4, -0.2) is 23.8 Å². The molecule has 110 valence electrons. The van der Waals surface area contributed by atoms with Crippen LogP contribution >= 0.6 is 0 Å². The zero-order chi connectivity index (χ0) is 13.7. The van der Waals surface area contributed by atoms with Gasteiger partial charge in [0, 0.05) is 6.04 Å². The summed E-state index contributed by atoms with van der Waals surface area (Å²) in [5.41, 5.74) is 0.988. The van der Waals surface area contributed by atoms with Crippen molar-refractivity contribution >= 4 is 0 Å². The second kappa shape index (κ2) is 4.73. The highest BCUT2D eigenvalue weighted by Gasteiger charge is 2.58. The van der Waals surface area contributed by atoms with Crippen molar-refractivity contribution in [2.75, 3.05) is 6.54 Å². The van der Waals surface area contributed by atoms with Gasteiger partial charge in [0.2, 0.25) is 0 Å². The Labute approximate surface area is 118 Å². The van der Waals surface area contributed by atoms with Crippen LogP contribution in [-0.2, 0) is 0 Å². The van der Waals surface area contributed by atoms with Crippen LogP contribution in [0.1, 0.15) is 65.7 Å². The Morgan fingerprint density at radius 2 is 1.95 bits per heavy atom. The maximum atomic E-state index is 9.80. The molecule has 2 heteroatoms. The normalized spacial score (nSPS) is 48.6. The van der Waals surface area contributed by atoms with Crippen LogP contribution in [0, 0.1) is 22.7 Å². The zero-order valence-corrected chi connectivity index (χ0v) is 12.9. The number of fused-ring (bicyclic) bond motifs is 2. The molecule has 0 spiro atoms. The van der Waals surface area contributed by atoms with Crippen molar-refractivity contribution in [3.8, 4) is 0 Å². The molecule has 0 aromatic heterocycles. The van der Waals surface area contributed by atoms with Crippen LogP contribution in [0.25, 0.3) is 0 Å². The molecule has 3 fully saturated rings. The molecule has 3 saturated carbocycles. The van der Waals surface area contributed by atoms with E-state index in [9.17, 15) is 5.11 Å². The second-order valence-electron chi connectivity index (χ2n) is 8.44. The third kappa shape index (κ3) is 2.35. The van der Waals surface area contributed by atoms with Gasteiger partial charge < -0.3 is 10.4 Å². The van der Waals surface area contributed by atoms with Crippen molar-refractivity contribution in [1.29, 1.82) is 0 Å². The van der Waals surface area contributed by atoms with Crippen LogP contribution in [0.5, 0.6) is 0 Å². The van der Waals surface area contributed by atoms with E-state index in [0.29, 0.717) is 22.8 Å². The Balaban J connectivity index is 1.60. The maximum absolute atomic E-state index is 9.80. The molecule has 0 amide bonds. The number of aliphatic hydroxyl groups excluding tert-OH is 1. The molecule has 2 bridgehead atoms. The van der Waals surface area contributed by atoms with Gasteiger partial charge in [-0.05, 0) is 67.7 Å². The minimum absolute atomic E-state index is 0.0378. The number of rotatable bonds is 3. The predicted octanol–water partition coefficient (Wildman–Crippen LogP) is 3.34. The SMILES string of the molecule is CC12CCC(C1)C(C)(C)C2NCC1CCCC(O)C1. The van der Waals surface area contributed by atoms with Gasteiger partial charge in [0.15, 0.2) is 0 Å². The van der Waals surface area contributed by atoms with Gasteiger partial charge in [-0.2, -0.15) is 0 Å². The molecule has 0 aromatic rings. The molecule has 2 nitrogen and oxygen atoms in total. The van der Waals surface area contributed by atoms with E-state index in [1.165, 1.54) is 32.1 Å². The van der Waals surface area contributed by atoms with Crippen molar-refractivity contribution in [3.05, 3.63) is 0 Å². The van der Waals surface area contributed by atoms with Crippen molar-refractivity contribution in [1.82, 2.24) is 5.32 Å². The molecule has 0 heterocycles. The van der Waals surface area contributed by atoms with Gasteiger partial charge in [-0.15, -0.1) is 0 Å². The first-order valence-corrected chi connectivity index (χ1v) is 8.33. The monoisotopic (exact) mass is 265 g/mol. The Morgan fingerprint density at radius 3 is 2.58 bits per heavy atom. The maximum Gasteiger partial charge on any atom is 0.0543 e. The number of nitrogens with one attached hydrogen (secondary N) is 1. The molecule has 2 N–H and O–H groups in total. The fourth-order valence-electron chi connectivity index (χ4n) is 5.54. The van der Waals surface area contributed by atoms with Gasteiger partial charge in [-0.1, -0.05) is 27.2 Å². The first kappa shape index (κ1) is 13.9. The Kier molecular flexibility index (Phi) is 3.46. The molecule has 0 radical (unpaired) electrons. The summed E-state index contributed by atoms with van der Waals surface area (Å²) in [5, 5.41) is 13.7. The van der Waals surface area contributed by atoms with E-state index >= 15 is 0 Å². The Bertz CT molecular complexity index is 335. The van der Waals surface area contributed by atoms with Crippen LogP contribution in [0.4, 0.5) is 0 Å². The smallest absolute Gasteiger partial charge is 0.0543 e. The Morgan fingerprint density at radius 1 is 1.16 bits per heavy atom. The number of hydrogen-bond donors (Lipinski definition) is 2. The highest BCUT2D eigenvalue weighted by atomic mass is 16.3. The summed E-state index contributed by atoms with van der Waals surface area (Å²) in [4.78, 5) is 0. The van der Waals surface area contributed by atoms with E-state index in [1.807, 2.05) is 0 Å². The van der Waals surface area contributed by atoms with E-state index in [4.69, 9.17) is 0 Å². The molecule has 3 aliphatic rings. The minimum atomic E-state index is -0.0378. The number of hydrogen-bond acceptors (Lipinski definition) is 2. The van der Waals surface area contributed by atoms with Crippen LogP contribution in [0.2, 0.25) is 0 Å². The highest BCUT2D eigenvalue weighted by Crippen LogP contribution is 2.62. The summed E-state index contributed by atoms with van der Waals surface area (Å²) in [5.74, 6) is 1.62. The summed E-state index contributed by atoms with van der Waals surface area (Å²) < 4.78 is 0. The third-order valence-electron chi connectivity index (χ3n) is 6.64. The van der Waals surface area contributed by atoms with Crippen molar-refractivity contribution in [2.45, 2.75) is 77.9 Å². The Hall–Kier alpha value is -0.0800. The number of aliphatic hydroxyl groups is 1. The lowest BCUT2D eigenvalue weighted by molar-refractivity contribution is 0.0793. The summed E-state index contributed by atoms with van der Waals surface area (Å²) in [7, 11) is 0. The van der Waals surface area contributed by atoms with Crippen LogP contribution < -0.4 is 5.32 Å². The topological polar surface area (TPSA) is 32.3 Å². The second-order valence-corrected chi connectivity index (χ2v) is 8.44. The van der Waals surface area contributed by atoms with Crippen molar-refractivity contribution in [2.24, 2.45) is 22.7 Å². The molecule has 0 aliphatic heterocycles. The molecule has 5 atom stereocenters. The van der Waals surface area contributed by atoms with E-state index in [-0.39, 0.29) is 6.10 Å². The summed E-state index contributed by atoms with van der Waals surface area (Å²) >= 11 is 0. The van der Waals surface area contributed by atoms with Gasteiger partial charge in [-0.3, -0.25) is 0 Å². The molecule has 0 aromatic carbocycles. The molecule has 0 saturated heterocycles. The fraction of sp³-hybridized carbons (Fsp3) is 1.00.